The largest absolute Gasteiger partial charge is 0.310 e. The highest BCUT2D eigenvalue weighted by Crippen LogP contribution is 2.50. The molecule has 0 heterocycles. The Balaban J connectivity index is 2.36. The maximum absolute atomic E-state index is 14.1. The summed E-state index contributed by atoms with van der Waals surface area (Å²) < 4.78 is 14.1. The van der Waals surface area contributed by atoms with Gasteiger partial charge < -0.3 is 5.32 Å². The first-order valence-corrected chi connectivity index (χ1v) is 7.21. The third-order valence-corrected chi connectivity index (χ3v) is 4.54. The minimum atomic E-state index is -0.0665. The van der Waals surface area contributed by atoms with Crippen LogP contribution in [-0.4, -0.2) is 6.54 Å². The Morgan fingerprint density at radius 3 is 2.44 bits per heavy atom. The Bertz CT molecular complexity index is 382. The van der Waals surface area contributed by atoms with Gasteiger partial charge in [0.1, 0.15) is 5.82 Å². The number of nitrogens with one attached hydrogen (secondary N) is 1. The van der Waals surface area contributed by atoms with E-state index >= 15 is 0 Å². The van der Waals surface area contributed by atoms with Crippen LogP contribution in [0.3, 0.4) is 0 Å². The first kappa shape index (κ1) is 13.5. The van der Waals surface area contributed by atoms with Crippen molar-refractivity contribution in [1.82, 2.24) is 5.32 Å². The lowest BCUT2D eigenvalue weighted by Crippen LogP contribution is -2.36. The molecule has 1 aromatic carbocycles. The van der Waals surface area contributed by atoms with Crippen molar-refractivity contribution < 1.29 is 4.39 Å². The topological polar surface area (TPSA) is 12.0 Å². The Morgan fingerprint density at radius 1 is 1.22 bits per heavy atom. The Hall–Kier alpha value is -0.890. The van der Waals surface area contributed by atoms with Gasteiger partial charge in [-0.25, -0.2) is 4.39 Å². The van der Waals surface area contributed by atoms with Crippen LogP contribution in [0.4, 0.5) is 4.39 Å². The molecule has 1 aliphatic carbocycles. The number of hydrogen-bond acceptors (Lipinski definition) is 1. The molecule has 0 spiro atoms. The highest BCUT2D eigenvalue weighted by Gasteiger charge is 2.40. The highest BCUT2D eigenvalue weighted by molar-refractivity contribution is 5.24. The average Bonchev–Trinajstić information content (AvgIpc) is 2.87. The van der Waals surface area contributed by atoms with Crippen LogP contribution in [0.1, 0.15) is 57.6 Å². The van der Waals surface area contributed by atoms with Crippen LogP contribution in [0, 0.1) is 11.2 Å². The van der Waals surface area contributed by atoms with Crippen LogP contribution < -0.4 is 5.32 Å². The predicted molar refractivity (Wildman–Crippen MR) is 74.0 cm³/mol. The molecule has 1 atom stereocenters. The fourth-order valence-electron chi connectivity index (χ4n) is 3.50. The van der Waals surface area contributed by atoms with Crippen LogP contribution in [0.2, 0.25) is 0 Å². The van der Waals surface area contributed by atoms with Crippen molar-refractivity contribution in [3.05, 3.63) is 35.6 Å². The van der Waals surface area contributed by atoms with Crippen molar-refractivity contribution in [3.8, 4) is 0 Å². The van der Waals surface area contributed by atoms with E-state index < -0.39 is 0 Å². The van der Waals surface area contributed by atoms with Gasteiger partial charge in [0.05, 0.1) is 0 Å². The molecule has 18 heavy (non-hydrogen) atoms. The minimum absolute atomic E-state index is 0.0665. The smallest absolute Gasteiger partial charge is 0.127 e. The van der Waals surface area contributed by atoms with E-state index in [-0.39, 0.29) is 17.3 Å². The third-order valence-electron chi connectivity index (χ3n) is 4.54. The summed E-state index contributed by atoms with van der Waals surface area (Å²) in [5, 5.41) is 3.53. The lowest BCUT2D eigenvalue weighted by Gasteiger charge is -2.38. The highest BCUT2D eigenvalue weighted by atomic mass is 19.1. The summed E-state index contributed by atoms with van der Waals surface area (Å²) in [6.45, 7) is 5.24. The fraction of sp³-hybridized carbons (Fsp3) is 0.625. The molecule has 2 heteroatoms. The number of rotatable bonds is 5. The van der Waals surface area contributed by atoms with E-state index in [4.69, 9.17) is 0 Å². The number of halogens is 1. The van der Waals surface area contributed by atoms with Crippen molar-refractivity contribution in [3.63, 3.8) is 0 Å². The van der Waals surface area contributed by atoms with Gasteiger partial charge in [0.25, 0.3) is 0 Å². The van der Waals surface area contributed by atoms with Gasteiger partial charge in [0.15, 0.2) is 0 Å². The second-order valence-corrected chi connectivity index (χ2v) is 5.44. The van der Waals surface area contributed by atoms with Gasteiger partial charge >= 0.3 is 0 Å². The standard InChI is InChI=1S/C16H24FN/c1-3-16(11-7-8-12-16)15(18-4-2)13-9-5-6-10-14(13)17/h5-6,9-10,15,18H,3-4,7-8,11-12H2,1-2H3. The molecule has 0 aliphatic heterocycles. The van der Waals surface area contributed by atoms with Crippen molar-refractivity contribution in [1.29, 1.82) is 0 Å². The fourth-order valence-corrected chi connectivity index (χ4v) is 3.50. The maximum atomic E-state index is 14.1. The summed E-state index contributed by atoms with van der Waals surface area (Å²) in [4.78, 5) is 0. The summed E-state index contributed by atoms with van der Waals surface area (Å²) in [5.41, 5.74) is 1.10. The van der Waals surface area contributed by atoms with Crippen LogP contribution in [0.15, 0.2) is 24.3 Å². The van der Waals surface area contributed by atoms with E-state index in [9.17, 15) is 4.39 Å². The molecule has 1 aliphatic rings. The zero-order valence-corrected chi connectivity index (χ0v) is 11.5. The van der Waals surface area contributed by atoms with E-state index in [1.54, 1.807) is 12.1 Å². The van der Waals surface area contributed by atoms with Crippen LogP contribution in [0.25, 0.3) is 0 Å². The minimum Gasteiger partial charge on any atom is -0.310 e. The molecule has 0 aromatic heterocycles. The monoisotopic (exact) mass is 249 g/mol. The van der Waals surface area contributed by atoms with Crippen LogP contribution >= 0.6 is 0 Å². The Kier molecular flexibility index (Phi) is 4.39. The van der Waals surface area contributed by atoms with E-state index in [0.717, 1.165) is 18.5 Å². The number of benzene rings is 1. The molecule has 1 nitrogen and oxygen atoms in total. The van der Waals surface area contributed by atoms with Gasteiger partial charge in [0.2, 0.25) is 0 Å². The van der Waals surface area contributed by atoms with Crippen molar-refractivity contribution in [2.75, 3.05) is 6.54 Å². The summed E-state index contributed by atoms with van der Waals surface area (Å²) in [6, 6.07) is 7.41. The Morgan fingerprint density at radius 2 is 1.89 bits per heavy atom. The normalized spacial score (nSPS) is 19.9. The van der Waals surface area contributed by atoms with E-state index in [2.05, 4.69) is 19.2 Å². The quantitative estimate of drug-likeness (QED) is 0.813. The summed E-state index contributed by atoms with van der Waals surface area (Å²) in [5.74, 6) is -0.0665. The molecule has 100 valence electrons. The van der Waals surface area contributed by atoms with Gasteiger partial charge in [0, 0.05) is 11.6 Å². The molecular formula is C16H24FN. The average molecular weight is 249 g/mol. The summed E-state index contributed by atoms with van der Waals surface area (Å²) in [6.07, 6.45) is 6.12. The zero-order valence-electron chi connectivity index (χ0n) is 11.5. The first-order valence-electron chi connectivity index (χ1n) is 7.21. The molecule has 1 fully saturated rings. The van der Waals surface area contributed by atoms with Crippen molar-refractivity contribution in [2.24, 2.45) is 5.41 Å². The molecule has 1 unspecified atom stereocenters. The molecule has 0 bridgehead atoms. The maximum Gasteiger partial charge on any atom is 0.127 e. The van der Waals surface area contributed by atoms with Gasteiger partial charge in [-0.3, -0.25) is 0 Å². The van der Waals surface area contributed by atoms with E-state index in [1.165, 1.54) is 25.7 Å². The third kappa shape index (κ3) is 2.44. The van der Waals surface area contributed by atoms with Crippen LogP contribution in [0.5, 0.6) is 0 Å². The van der Waals surface area contributed by atoms with Gasteiger partial charge in [-0.1, -0.05) is 44.9 Å². The van der Waals surface area contributed by atoms with E-state index in [0.29, 0.717) is 0 Å². The van der Waals surface area contributed by atoms with Gasteiger partial charge in [-0.2, -0.15) is 0 Å². The summed E-state index contributed by atoms with van der Waals surface area (Å²) >= 11 is 0. The van der Waals surface area contributed by atoms with Gasteiger partial charge in [-0.05, 0) is 37.3 Å². The van der Waals surface area contributed by atoms with Crippen molar-refractivity contribution >= 4 is 0 Å². The second kappa shape index (κ2) is 5.83. The van der Waals surface area contributed by atoms with Crippen LogP contribution in [-0.2, 0) is 0 Å². The molecule has 2 rings (SSSR count). The van der Waals surface area contributed by atoms with Gasteiger partial charge in [-0.15, -0.1) is 0 Å². The molecular weight excluding hydrogens is 225 g/mol. The predicted octanol–water partition coefficient (Wildman–Crippen LogP) is 4.45. The molecule has 1 aromatic rings. The zero-order chi connectivity index (χ0) is 13.0. The molecule has 0 radical (unpaired) electrons. The first-order chi connectivity index (χ1) is 8.73. The Labute approximate surface area is 110 Å². The van der Waals surface area contributed by atoms with E-state index in [1.807, 2.05) is 12.1 Å². The lowest BCUT2D eigenvalue weighted by atomic mass is 9.73. The lowest BCUT2D eigenvalue weighted by molar-refractivity contribution is 0.185. The molecule has 0 amide bonds. The molecule has 1 N–H and O–H groups in total. The number of hydrogen-bond donors (Lipinski definition) is 1. The summed E-state index contributed by atoms with van der Waals surface area (Å²) in [7, 11) is 0. The second-order valence-electron chi connectivity index (χ2n) is 5.44. The SMILES string of the molecule is CCNC(c1ccccc1F)C1(CC)CCCC1. The van der Waals surface area contributed by atoms with Crippen molar-refractivity contribution in [2.45, 2.75) is 52.0 Å². The molecule has 0 saturated heterocycles. The molecule has 1 saturated carbocycles.